The van der Waals surface area contributed by atoms with Gasteiger partial charge < -0.3 is 14.8 Å². The van der Waals surface area contributed by atoms with Crippen molar-refractivity contribution in [1.82, 2.24) is 19.6 Å². The minimum absolute atomic E-state index is 0.213. The van der Waals surface area contributed by atoms with Crippen LogP contribution in [0.4, 0.5) is 5.82 Å². The van der Waals surface area contributed by atoms with Gasteiger partial charge in [-0.3, -0.25) is 4.40 Å². The molecule has 7 heteroatoms. The summed E-state index contributed by atoms with van der Waals surface area (Å²) in [5.41, 5.74) is 3.03. The standard InChI is InChI=1S/C20H23N5O2/c1-3-26-16-9-14-8-12(2)27-17(14)10-15(16)11-22-18-20-24-23-19(13-4-5-13)25(20)7-6-21-18/h6-7,9-10,12-13H,3-5,8,11H2,1-2H3,(H,21,22). The van der Waals surface area contributed by atoms with Crippen molar-refractivity contribution in [2.24, 2.45) is 0 Å². The van der Waals surface area contributed by atoms with Crippen LogP contribution in [-0.4, -0.2) is 32.3 Å². The minimum Gasteiger partial charge on any atom is -0.494 e. The number of ether oxygens (including phenoxy) is 2. The van der Waals surface area contributed by atoms with Gasteiger partial charge in [-0.15, -0.1) is 10.2 Å². The molecule has 1 atom stereocenters. The van der Waals surface area contributed by atoms with E-state index < -0.39 is 0 Å². The van der Waals surface area contributed by atoms with Crippen LogP contribution in [0.1, 0.15) is 49.6 Å². The molecule has 1 aliphatic carbocycles. The number of benzene rings is 1. The first-order chi connectivity index (χ1) is 13.2. The third-order valence-corrected chi connectivity index (χ3v) is 5.12. The second-order valence-corrected chi connectivity index (χ2v) is 7.29. The van der Waals surface area contributed by atoms with Crippen LogP contribution in [0.25, 0.3) is 5.65 Å². The SMILES string of the molecule is CCOc1cc2c(cc1CNc1nccn3c(C4CC4)nnc13)OC(C)C2. The van der Waals surface area contributed by atoms with Crippen molar-refractivity contribution < 1.29 is 9.47 Å². The van der Waals surface area contributed by atoms with Crippen molar-refractivity contribution >= 4 is 11.5 Å². The van der Waals surface area contributed by atoms with Gasteiger partial charge in [-0.1, -0.05) is 0 Å². The van der Waals surface area contributed by atoms with Gasteiger partial charge in [0, 0.05) is 42.4 Å². The number of aromatic nitrogens is 4. The molecule has 1 aromatic carbocycles. The van der Waals surface area contributed by atoms with Crippen LogP contribution in [0, 0.1) is 0 Å². The van der Waals surface area contributed by atoms with Gasteiger partial charge in [0.2, 0.25) is 5.65 Å². The normalized spacial score (nSPS) is 18.4. The quantitative estimate of drug-likeness (QED) is 0.722. The number of nitrogens with one attached hydrogen (secondary N) is 1. The van der Waals surface area contributed by atoms with Crippen LogP contribution in [-0.2, 0) is 13.0 Å². The molecule has 140 valence electrons. The Hall–Kier alpha value is -2.83. The maximum absolute atomic E-state index is 5.91. The fourth-order valence-corrected chi connectivity index (χ4v) is 3.68. The molecular weight excluding hydrogens is 342 g/mol. The van der Waals surface area contributed by atoms with Crippen LogP contribution in [0.3, 0.4) is 0 Å². The Morgan fingerprint density at radius 3 is 3.00 bits per heavy atom. The van der Waals surface area contributed by atoms with E-state index in [0.29, 0.717) is 19.1 Å². The highest BCUT2D eigenvalue weighted by Gasteiger charge is 2.29. The molecule has 3 heterocycles. The van der Waals surface area contributed by atoms with E-state index in [1.807, 2.05) is 17.5 Å². The number of rotatable bonds is 6. The van der Waals surface area contributed by atoms with Crippen molar-refractivity contribution in [3.05, 3.63) is 41.5 Å². The Balaban J connectivity index is 1.43. The number of hydrogen-bond donors (Lipinski definition) is 1. The van der Waals surface area contributed by atoms with Crippen LogP contribution in [0.15, 0.2) is 24.5 Å². The number of nitrogens with zero attached hydrogens (tertiary/aromatic N) is 4. The minimum atomic E-state index is 0.213. The van der Waals surface area contributed by atoms with E-state index in [9.17, 15) is 0 Å². The summed E-state index contributed by atoms with van der Waals surface area (Å²) in [5.74, 6) is 4.15. The second kappa shape index (κ2) is 6.40. The summed E-state index contributed by atoms with van der Waals surface area (Å²) in [5, 5.41) is 12.1. The lowest BCUT2D eigenvalue weighted by molar-refractivity contribution is 0.254. The van der Waals surface area contributed by atoms with Gasteiger partial charge in [-0.05, 0) is 38.8 Å². The average molecular weight is 365 g/mol. The lowest BCUT2D eigenvalue weighted by Gasteiger charge is -2.14. The maximum Gasteiger partial charge on any atom is 0.203 e. The third-order valence-electron chi connectivity index (χ3n) is 5.12. The van der Waals surface area contributed by atoms with E-state index in [2.05, 4.69) is 39.6 Å². The van der Waals surface area contributed by atoms with Crippen molar-refractivity contribution in [3.63, 3.8) is 0 Å². The Labute approximate surface area is 157 Å². The van der Waals surface area contributed by atoms with Crippen LogP contribution in [0.2, 0.25) is 0 Å². The smallest absolute Gasteiger partial charge is 0.203 e. The van der Waals surface area contributed by atoms with Crippen molar-refractivity contribution in [1.29, 1.82) is 0 Å². The highest BCUT2D eigenvalue weighted by Crippen LogP contribution is 2.39. The summed E-state index contributed by atoms with van der Waals surface area (Å²) in [4.78, 5) is 4.47. The van der Waals surface area contributed by atoms with Gasteiger partial charge in [0.05, 0.1) is 6.61 Å². The zero-order valence-corrected chi connectivity index (χ0v) is 15.6. The van der Waals surface area contributed by atoms with E-state index in [0.717, 1.165) is 40.8 Å². The first kappa shape index (κ1) is 16.4. The molecule has 0 saturated heterocycles. The molecule has 0 amide bonds. The summed E-state index contributed by atoms with van der Waals surface area (Å²) in [7, 11) is 0. The zero-order chi connectivity index (χ0) is 18.4. The lowest BCUT2D eigenvalue weighted by Crippen LogP contribution is -2.07. The molecule has 1 fully saturated rings. The Kier molecular flexibility index (Phi) is 3.88. The first-order valence-corrected chi connectivity index (χ1v) is 9.61. The summed E-state index contributed by atoms with van der Waals surface area (Å²) in [6.45, 7) is 5.30. The molecule has 5 rings (SSSR count). The van der Waals surface area contributed by atoms with Crippen molar-refractivity contribution in [3.8, 4) is 11.5 Å². The Bertz CT molecular complexity index is 995. The molecule has 3 aromatic rings. The number of fused-ring (bicyclic) bond motifs is 2. The van der Waals surface area contributed by atoms with Crippen LogP contribution in [0.5, 0.6) is 11.5 Å². The zero-order valence-electron chi connectivity index (χ0n) is 15.6. The van der Waals surface area contributed by atoms with E-state index >= 15 is 0 Å². The van der Waals surface area contributed by atoms with Gasteiger partial charge in [0.1, 0.15) is 23.4 Å². The molecule has 2 aliphatic rings. The largest absolute Gasteiger partial charge is 0.494 e. The van der Waals surface area contributed by atoms with Crippen molar-refractivity contribution in [2.45, 2.75) is 51.7 Å². The molecule has 1 aliphatic heterocycles. The molecule has 1 saturated carbocycles. The molecule has 1 N–H and O–H groups in total. The van der Waals surface area contributed by atoms with E-state index in [1.165, 1.54) is 18.4 Å². The molecule has 2 aromatic heterocycles. The molecule has 0 radical (unpaired) electrons. The monoisotopic (exact) mass is 365 g/mol. The Morgan fingerprint density at radius 1 is 1.30 bits per heavy atom. The summed E-state index contributed by atoms with van der Waals surface area (Å²) in [6, 6.07) is 4.19. The molecule has 7 nitrogen and oxygen atoms in total. The van der Waals surface area contributed by atoms with E-state index in [4.69, 9.17) is 9.47 Å². The molecule has 0 bridgehead atoms. The van der Waals surface area contributed by atoms with Gasteiger partial charge >= 0.3 is 0 Å². The Morgan fingerprint density at radius 2 is 2.19 bits per heavy atom. The van der Waals surface area contributed by atoms with E-state index in [-0.39, 0.29) is 6.10 Å². The third kappa shape index (κ3) is 2.97. The summed E-state index contributed by atoms with van der Waals surface area (Å²) >= 11 is 0. The van der Waals surface area contributed by atoms with Crippen LogP contribution >= 0.6 is 0 Å². The van der Waals surface area contributed by atoms with Crippen LogP contribution < -0.4 is 14.8 Å². The fraction of sp³-hybridized carbons (Fsp3) is 0.450. The molecule has 27 heavy (non-hydrogen) atoms. The molecule has 0 spiro atoms. The maximum atomic E-state index is 5.91. The predicted octanol–water partition coefficient (Wildman–Crippen LogP) is 3.34. The summed E-state index contributed by atoms with van der Waals surface area (Å²) < 4.78 is 13.8. The number of anilines is 1. The van der Waals surface area contributed by atoms with E-state index in [1.54, 1.807) is 6.20 Å². The average Bonchev–Trinajstić information content (AvgIpc) is 3.30. The predicted molar refractivity (Wildman–Crippen MR) is 101 cm³/mol. The highest BCUT2D eigenvalue weighted by atomic mass is 16.5. The highest BCUT2D eigenvalue weighted by molar-refractivity contribution is 5.63. The van der Waals surface area contributed by atoms with Gasteiger partial charge in [-0.2, -0.15) is 0 Å². The van der Waals surface area contributed by atoms with Gasteiger partial charge in [0.15, 0.2) is 5.82 Å². The van der Waals surface area contributed by atoms with Gasteiger partial charge in [0.25, 0.3) is 0 Å². The topological polar surface area (TPSA) is 73.6 Å². The summed E-state index contributed by atoms with van der Waals surface area (Å²) in [6.07, 6.45) is 7.25. The molecule has 1 unspecified atom stereocenters. The van der Waals surface area contributed by atoms with Crippen molar-refractivity contribution in [2.75, 3.05) is 11.9 Å². The fourth-order valence-electron chi connectivity index (χ4n) is 3.68. The molecular formula is C20H23N5O2. The van der Waals surface area contributed by atoms with Gasteiger partial charge in [-0.25, -0.2) is 4.98 Å². The second-order valence-electron chi connectivity index (χ2n) is 7.29. The first-order valence-electron chi connectivity index (χ1n) is 9.61. The number of hydrogen-bond acceptors (Lipinski definition) is 6. The lowest BCUT2D eigenvalue weighted by atomic mass is 10.1.